The summed E-state index contributed by atoms with van der Waals surface area (Å²) in [6, 6.07) is 6.83. The topological polar surface area (TPSA) is 64.0 Å². The van der Waals surface area contributed by atoms with E-state index in [-0.39, 0.29) is 0 Å². The molecule has 0 saturated carbocycles. The van der Waals surface area contributed by atoms with Gasteiger partial charge in [0.15, 0.2) is 9.84 Å². The van der Waals surface area contributed by atoms with Crippen molar-refractivity contribution >= 4 is 21.7 Å². The maximum atomic E-state index is 11.6. The Bertz CT molecular complexity index is 689. The standard InChI is InChI=1S/C13H15N3O2S/c1-3-16-10-11(9-15-16)8-14-12-6-4-5-7-13(12)19(2,17)18/h3-7,9-10,14H,1,8H2,2H3. The highest BCUT2D eigenvalue weighted by molar-refractivity contribution is 7.90. The lowest BCUT2D eigenvalue weighted by molar-refractivity contribution is 0.602. The molecule has 0 aliphatic heterocycles. The van der Waals surface area contributed by atoms with E-state index < -0.39 is 9.84 Å². The number of benzene rings is 1. The third-order valence-electron chi connectivity index (χ3n) is 2.61. The Hall–Kier alpha value is -2.08. The van der Waals surface area contributed by atoms with E-state index in [1.54, 1.807) is 41.3 Å². The Morgan fingerprint density at radius 2 is 2.16 bits per heavy atom. The van der Waals surface area contributed by atoms with Crippen LogP contribution in [0, 0.1) is 0 Å². The first-order chi connectivity index (χ1) is 9.00. The zero-order chi connectivity index (χ0) is 13.9. The lowest BCUT2D eigenvalue weighted by Crippen LogP contribution is -2.05. The Morgan fingerprint density at radius 1 is 1.42 bits per heavy atom. The zero-order valence-electron chi connectivity index (χ0n) is 10.6. The summed E-state index contributed by atoms with van der Waals surface area (Å²) in [5.41, 5.74) is 1.54. The molecule has 0 fully saturated rings. The average molecular weight is 277 g/mol. The predicted molar refractivity (Wildman–Crippen MR) is 75.5 cm³/mol. The molecule has 0 aliphatic rings. The highest BCUT2D eigenvalue weighted by Crippen LogP contribution is 2.21. The van der Waals surface area contributed by atoms with Crippen molar-refractivity contribution in [3.63, 3.8) is 0 Å². The molecule has 0 radical (unpaired) electrons. The Morgan fingerprint density at radius 3 is 2.79 bits per heavy atom. The van der Waals surface area contributed by atoms with E-state index in [1.165, 1.54) is 6.26 Å². The molecule has 0 unspecified atom stereocenters. The van der Waals surface area contributed by atoms with Crippen molar-refractivity contribution in [2.45, 2.75) is 11.4 Å². The molecule has 1 aromatic carbocycles. The summed E-state index contributed by atoms with van der Waals surface area (Å²) >= 11 is 0. The maximum absolute atomic E-state index is 11.6. The maximum Gasteiger partial charge on any atom is 0.177 e. The normalized spacial score (nSPS) is 11.2. The number of anilines is 1. The lowest BCUT2D eigenvalue weighted by atomic mass is 10.3. The van der Waals surface area contributed by atoms with E-state index in [2.05, 4.69) is 17.0 Å². The van der Waals surface area contributed by atoms with Crippen molar-refractivity contribution in [3.8, 4) is 0 Å². The highest BCUT2D eigenvalue weighted by atomic mass is 32.2. The predicted octanol–water partition coefficient (Wildman–Crippen LogP) is 2.00. The van der Waals surface area contributed by atoms with Crippen LogP contribution in [0.15, 0.2) is 48.1 Å². The minimum absolute atomic E-state index is 0.297. The van der Waals surface area contributed by atoms with Gasteiger partial charge < -0.3 is 5.32 Å². The second kappa shape index (κ2) is 5.27. The van der Waals surface area contributed by atoms with E-state index >= 15 is 0 Å². The van der Waals surface area contributed by atoms with Gasteiger partial charge in [-0.05, 0) is 12.1 Å². The summed E-state index contributed by atoms with van der Waals surface area (Å²) in [6.45, 7) is 4.11. The quantitative estimate of drug-likeness (QED) is 0.908. The van der Waals surface area contributed by atoms with Crippen LogP contribution in [-0.2, 0) is 16.4 Å². The van der Waals surface area contributed by atoms with Crippen LogP contribution < -0.4 is 5.32 Å². The Balaban J connectivity index is 2.18. The third kappa shape index (κ3) is 3.23. The number of aromatic nitrogens is 2. The van der Waals surface area contributed by atoms with Gasteiger partial charge in [-0.3, -0.25) is 0 Å². The van der Waals surface area contributed by atoms with Crippen LogP contribution >= 0.6 is 0 Å². The minimum atomic E-state index is -3.24. The van der Waals surface area contributed by atoms with E-state index in [0.717, 1.165) is 5.56 Å². The van der Waals surface area contributed by atoms with Crippen LogP contribution in [-0.4, -0.2) is 24.5 Å². The molecule has 2 aromatic rings. The first kappa shape index (κ1) is 13.4. The summed E-state index contributed by atoms with van der Waals surface area (Å²) < 4.78 is 24.9. The van der Waals surface area contributed by atoms with E-state index in [1.807, 2.05) is 6.20 Å². The molecule has 0 aliphatic carbocycles. The largest absolute Gasteiger partial charge is 0.380 e. The molecular weight excluding hydrogens is 262 g/mol. The van der Waals surface area contributed by atoms with Gasteiger partial charge in [-0.25, -0.2) is 13.1 Å². The number of hydrogen-bond acceptors (Lipinski definition) is 4. The van der Waals surface area contributed by atoms with Crippen LogP contribution in [0.4, 0.5) is 5.69 Å². The molecule has 1 aromatic heterocycles. The first-order valence-electron chi connectivity index (χ1n) is 5.69. The lowest BCUT2D eigenvalue weighted by Gasteiger charge is -2.09. The number of hydrogen-bond donors (Lipinski definition) is 1. The van der Waals surface area contributed by atoms with E-state index in [9.17, 15) is 8.42 Å². The molecule has 100 valence electrons. The fourth-order valence-electron chi connectivity index (χ4n) is 1.70. The van der Waals surface area contributed by atoms with Gasteiger partial charge >= 0.3 is 0 Å². The van der Waals surface area contributed by atoms with Crippen molar-refractivity contribution in [1.29, 1.82) is 0 Å². The van der Waals surface area contributed by atoms with E-state index in [0.29, 0.717) is 17.1 Å². The van der Waals surface area contributed by atoms with Crippen molar-refractivity contribution in [3.05, 3.63) is 48.8 Å². The van der Waals surface area contributed by atoms with Gasteiger partial charge in [-0.15, -0.1) is 0 Å². The SMILES string of the molecule is C=Cn1cc(CNc2ccccc2S(C)(=O)=O)cn1. The number of rotatable bonds is 5. The molecule has 0 spiro atoms. The fourth-order valence-corrected chi connectivity index (χ4v) is 2.57. The average Bonchev–Trinajstić information content (AvgIpc) is 2.83. The van der Waals surface area contributed by atoms with Crippen LogP contribution in [0.5, 0.6) is 0 Å². The first-order valence-corrected chi connectivity index (χ1v) is 7.58. The van der Waals surface area contributed by atoms with Gasteiger partial charge in [0.1, 0.15) is 0 Å². The van der Waals surface area contributed by atoms with Crippen LogP contribution in [0.3, 0.4) is 0 Å². The summed E-state index contributed by atoms with van der Waals surface area (Å²) in [5.74, 6) is 0. The van der Waals surface area contributed by atoms with Crippen molar-refractivity contribution in [2.24, 2.45) is 0 Å². The number of nitrogens with zero attached hydrogens (tertiary/aromatic N) is 2. The van der Waals surface area contributed by atoms with Gasteiger partial charge in [0.2, 0.25) is 0 Å². The molecule has 19 heavy (non-hydrogen) atoms. The van der Waals surface area contributed by atoms with Crippen LogP contribution in [0.1, 0.15) is 5.56 Å². The fraction of sp³-hybridized carbons (Fsp3) is 0.154. The van der Waals surface area contributed by atoms with Crippen molar-refractivity contribution in [2.75, 3.05) is 11.6 Å². The summed E-state index contributed by atoms with van der Waals surface area (Å²) in [4.78, 5) is 0.297. The third-order valence-corrected chi connectivity index (χ3v) is 3.77. The van der Waals surface area contributed by atoms with Gasteiger partial charge in [0.05, 0.1) is 16.8 Å². The Kier molecular flexibility index (Phi) is 3.71. The minimum Gasteiger partial charge on any atom is -0.380 e. The molecule has 0 amide bonds. The monoisotopic (exact) mass is 277 g/mol. The second-order valence-corrected chi connectivity index (χ2v) is 6.12. The number of para-hydroxylation sites is 1. The van der Waals surface area contributed by atoms with Crippen LogP contribution in [0.25, 0.3) is 6.20 Å². The smallest absolute Gasteiger partial charge is 0.177 e. The highest BCUT2D eigenvalue weighted by Gasteiger charge is 2.12. The van der Waals surface area contributed by atoms with Gasteiger partial charge in [-0.2, -0.15) is 5.10 Å². The molecule has 0 saturated heterocycles. The van der Waals surface area contributed by atoms with Crippen molar-refractivity contribution in [1.82, 2.24) is 9.78 Å². The molecule has 6 heteroatoms. The van der Waals surface area contributed by atoms with Gasteiger partial charge in [0.25, 0.3) is 0 Å². The summed E-state index contributed by atoms with van der Waals surface area (Å²) in [5, 5.41) is 7.17. The van der Waals surface area contributed by atoms with Crippen molar-refractivity contribution < 1.29 is 8.42 Å². The molecular formula is C13H15N3O2S. The Labute approximate surface area is 112 Å². The van der Waals surface area contributed by atoms with Gasteiger partial charge in [-0.1, -0.05) is 18.7 Å². The molecule has 5 nitrogen and oxygen atoms in total. The second-order valence-electron chi connectivity index (χ2n) is 4.13. The molecule has 2 rings (SSSR count). The molecule has 0 atom stereocenters. The molecule has 0 bridgehead atoms. The zero-order valence-corrected chi connectivity index (χ0v) is 11.4. The molecule has 1 heterocycles. The van der Waals surface area contributed by atoms with Gasteiger partial charge in [0, 0.05) is 30.8 Å². The van der Waals surface area contributed by atoms with Crippen LogP contribution in [0.2, 0.25) is 0 Å². The summed E-state index contributed by atoms with van der Waals surface area (Å²) in [6.07, 6.45) is 6.32. The summed E-state index contributed by atoms with van der Waals surface area (Å²) in [7, 11) is -3.24. The number of sulfone groups is 1. The molecule has 1 N–H and O–H groups in total. The van der Waals surface area contributed by atoms with E-state index in [4.69, 9.17) is 0 Å². The number of nitrogens with one attached hydrogen (secondary N) is 1.